The summed E-state index contributed by atoms with van der Waals surface area (Å²) in [6.45, 7) is 15.6. The van der Waals surface area contributed by atoms with Crippen LogP contribution in [0.15, 0.2) is 24.3 Å². The number of hydrogen-bond acceptors (Lipinski definition) is 2. The molecule has 2 atom stereocenters. The zero-order chi connectivity index (χ0) is 17.3. The van der Waals surface area contributed by atoms with Crippen LogP contribution in [0, 0.1) is 11.8 Å². The predicted molar refractivity (Wildman–Crippen MR) is 105 cm³/mol. The van der Waals surface area contributed by atoms with Crippen molar-refractivity contribution in [3.8, 4) is 0 Å². The molecule has 3 rings (SSSR count). The Hall–Kier alpha value is -1.02. The molecule has 134 valence electrons. The Morgan fingerprint density at radius 3 is 2.42 bits per heavy atom. The van der Waals surface area contributed by atoms with Crippen molar-refractivity contribution in [2.45, 2.75) is 71.9 Å². The predicted octanol–water partition coefficient (Wildman–Crippen LogP) is 5.49. The molecular formula is C22H36N2. The summed E-state index contributed by atoms with van der Waals surface area (Å²) in [4.78, 5) is 5.40. The van der Waals surface area contributed by atoms with E-state index >= 15 is 0 Å². The van der Waals surface area contributed by atoms with E-state index in [2.05, 4.69) is 68.7 Å². The van der Waals surface area contributed by atoms with Crippen molar-refractivity contribution in [2.24, 2.45) is 11.8 Å². The molecule has 2 fully saturated rings. The van der Waals surface area contributed by atoms with Gasteiger partial charge in [0, 0.05) is 30.4 Å². The van der Waals surface area contributed by atoms with Crippen LogP contribution in [0.2, 0.25) is 0 Å². The summed E-state index contributed by atoms with van der Waals surface area (Å²) in [5.41, 5.74) is 3.31. The molecule has 2 aliphatic rings. The van der Waals surface area contributed by atoms with Gasteiger partial charge in [0.1, 0.15) is 0 Å². The fraction of sp³-hybridized carbons (Fsp3) is 0.727. The van der Waals surface area contributed by atoms with Gasteiger partial charge in [-0.25, -0.2) is 0 Å². The van der Waals surface area contributed by atoms with Crippen molar-refractivity contribution >= 4 is 5.69 Å². The SMILES string of the molecule is CC(C)C1CCCN(c2ccccc2C2CCCN2C(C)(C)C)C1. The first-order chi connectivity index (χ1) is 11.4. The van der Waals surface area contributed by atoms with E-state index in [1.54, 1.807) is 5.56 Å². The minimum atomic E-state index is 0.247. The Balaban J connectivity index is 1.88. The van der Waals surface area contributed by atoms with Crippen LogP contribution in [-0.4, -0.2) is 30.1 Å². The van der Waals surface area contributed by atoms with E-state index in [4.69, 9.17) is 0 Å². The van der Waals surface area contributed by atoms with Gasteiger partial charge in [-0.2, -0.15) is 0 Å². The van der Waals surface area contributed by atoms with Crippen molar-refractivity contribution in [1.29, 1.82) is 0 Å². The van der Waals surface area contributed by atoms with E-state index in [0.717, 1.165) is 11.8 Å². The normalized spacial score (nSPS) is 26.3. The first-order valence-corrected chi connectivity index (χ1v) is 9.98. The minimum Gasteiger partial charge on any atom is -0.371 e. The number of benzene rings is 1. The summed E-state index contributed by atoms with van der Waals surface area (Å²) >= 11 is 0. The third-order valence-electron chi connectivity index (χ3n) is 6.15. The molecule has 2 heteroatoms. The molecule has 0 spiro atoms. The molecule has 0 aromatic heterocycles. The van der Waals surface area contributed by atoms with Gasteiger partial charge in [-0.15, -0.1) is 0 Å². The number of likely N-dealkylation sites (tertiary alicyclic amines) is 1. The first-order valence-electron chi connectivity index (χ1n) is 9.98. The lowest BCUT2D eigenvalue weighted by Crippen LogP contribution is -2.42. The van der Waals surface area contributed by atoms with E-state index in [-0.39, 0.29) is 5.54 Å². The number of nitrogens with zero attached hydrogens (tertiary/aromatic N) is 2. The maximum Gasteiger partial charge on any atom is 0.0414 e. The summed E-state index contributed by atoms with van der Waals surface area (Å²) in [6, 6.07) is 9.82. The van der Waals surface area contributed by atoms with Crippen molar-refractivity contribution < 1.29 is 0 Å². The van der Waals surface area contributed by atoms with Crippen molar-refractivity contribution in [1.82, 2.24) is 4.90 Å². The molecule has 2 unspecified atom stereocenters. The highest BCUT2D eigenvalue weighted by Gasteiger charge is 2.35. The molecule has 2 saturated heterocycles. The highest BCUT2D eigenvalue weighted by molar-refractivity contribution is 5.55. The minimum absolute atomic E-state index is 0.247. The molecule has 2 aliphatic heterocycles. The summed E-state index contributed by atoms with van der Waals surface area (Å²) in [7, 11) is 0. The van der Waals surface area contributed by atoms with Crippen LogP contribution in [0.4, 0.5) is 5.69 Å². The molecule has 1 aromatic rings. The van der Waals surface area contributed by atoms with Crippen LogP contribution in [0.1, 0.15) is 71.9 Å². The molecule has 2 nitrogen and oxygen atoms in total. The number of rotatable bonds is 3. The van der Waals surface area contributed by atoms with Gasteiger partial charge in [-0.05, 0) is 76.5 Å². The van der Waals surface area contributed by atoms with Gasteiger partial charge >= 0.3 is 0 Å². The van der Waals surface area contributed by atoms with Gasteiger partial charge in [0.15, 0.2) is 0 Å². The molecule has 0 saturated carbocycles. The summed E-state index contributed by atoms with van der Waals surface area (Å²) in [5, 5.41) is 0. The van der Waals surface area contributed by atoms with Gasteiger partial charge in [0.05, 0.1) is 0 Å². The van der Waals surface area contributed by atoms with Crippen molar-refractivity contribution in [2.75, 3.05) is 24.5 Å². The maximum absolute atomic E-state index is 2.72. The molecule has 0 N–H and O–H groups in total. The summed E-state index contributed by atoms with van der Waals surface area (Å²) in [5.74, 6) is 1.63. The Bertz CT molecular complexity index is 543. The van der Waals surface area contributed by atoms with E-state index in [1.807, 2.05) is 0 Å². The van der Waals surface area contributed by atoms with Gasteiger partial charge in [-0.3, -0.25) is 4.90 Å². The average molecular weight is 329 g/mol. The van der Waals surface area contributed by atoms with E-state index < -0.39 is 0 Å². The highest BCUT2D eigenvalue weighted by atomic mass is 15.2. The largest absolute Gasteiger partial charge is 0.371 e. The topological polar surface area (TPSA) is 6.48 Å². The van der Waals surface area contributed by atoms with Crippen LogP contribution >= 0.6 is 0 Å². The van der Waals surface area contributed by atoms with Crippen molar-refractivity contribution in [3.63, 3.8) is 0 Å². The average Bonchev–Trinajstić information content (AvgIpc) is 3.05. The smallest absolute Gasteiger partial charge is 0.0414 e. The van der Waals surface area contributed by atoms with Gasteiger partial charge in [0.2, 0.25) is 0 Å². The Kier molecular flexibility index (Phi) is 5.24. The summed E-state index contributed by atoms with van der Waals surface area (Å²) in [6.07, 6.45) is 5.36. The maximum atomic E-state index is 2.72. The Morgan fingerprint density at radius 2 is 1.71 bits per heavy atom. The van der Waals surface area contributed by atoms with Gasteiger partial charge in [0.25, 0.3) is 0 Å². The third-order valence-corrected chi connectivity index (χ3v) is 6.15. The summed E-state index contributed by atoms with van der Waals surface area (Å²) < 4.78 is 0. The molecule has 24 heavy (non-hydrogen) atoms. The van der Waals surface area contributed by atoms with Gasteiger partial charge < -0.3 is 4.90 Å². The number of hydrogen-bond donors (Lipinski definition) is 0. The lowest BCUT2D eigenvalue weighted by atomic mass is 9.87. The standard InChI is InChI=1S/C22H36N2/c1-17(2)18-10-8-14-23(16-18)20-12-7-6-11-19(20)21-13-9-15-24(21)22(3,4)5/h6-7,11-12,17-18,21H,8-10,13-16H2,1-5H3. The third kappa shape index (κ3) is 3.64. The van der Waals surface area contributed by atoms with Gasteiger partial charge in [-0.1, -0.05) is 32.0 Å². The van der Waals surface area contributed by atoms with E-state index in [9.17, 15) is 0 Å². The number of anilines is 1. The van der Waals surface area contributed by atoms with E-state index in [0.29, 0.717) is 6.04 Å². The van der Waals surface area contributed by atoms with E-state index in [1.165, 1.54) is 51.0 Å². The second kappa shape index (κ2) is 7.07. The molecule has 0 radical (unpaired) electrons. The molecule has 0 amide bonds. The van der Waals surface area contributed by atoms with Crippen LogP contribution < -0.4 is 4.90 Å². The second-order valence-electron chi connectivity index (χ2n) is 9.17. The van der Waals surface area contributed by atoms with Crippen molar-refractivity contribution in [3.05, 3.63) is 29.8 Å². The number of para-hydroxylation sites is 1. The number of piperidine rings is 1. The molecule has 0 bridgehead atoms. The second-order valence-corrected chi connectivity index (χ2v) is 9.17. The quantitative estimate of drug-likeness (QED) is 0.723. The Labute approximate surface area is 149 Å². The first kappa shape index (κ1) is 17.8. The fourth-order valence-corrected chi connectivity index (χ4v) is 4.72. The molecule has 1 aromatic carbocycles. The zero-order valence-electron chi connectivity index (χ0n) is 16.4. The molecule has 0 aliphatic carbocycles. The lowest BCUT2D eigenvalue weighted by Gasteiger charge is -2.41. The molecular weight excluding hydrogens is 292 g/mol. The zero-order valence-corrected chi connectivity index (χ0v) is 16.4. The molecule has 2 heterocycles. The highest BCUT2D eigenvalue weighted by Crippen LogP contribution is 2.42. The monoisotopic (exact) mass is 328 g/mol. The van der Waals surface area contributed by atoms with Crippen LogP contribution in [0.3, 0.4) is 0 Å². The Morgan fingerprint density at radius 1 is 1.00 bits per heavy atom. The lowest BCUT2D eigenvalue weighted by molar-refractivity contribution is 0.122. The fourth-order valence-electron chi connectivity index (χ4n) is 4.72. The van der Waals surface area contributed by atoms with Crippen LogP contribution in [0.5, 0.6) is 0 Å². The van der Waals surface area contributed by atoms with Crippen LogP contribution in [0.25, 0.3) is 0 Å². The van der Waals surface area contributed by atoms with Crippen LogP contribution in [-0.2, 0) is 0 Å².